The molecule has 0 radical (unpaired) electrons. The number of nitrogens with zero attached hydrogens (tertiary/aromatic N) is 5. The summed E-state index contributed by atoms with van der Waals surface area (Å²) in [6.07, 6.45) is 2.80. The van der Waals surface area contributed by atoms with E-state index in [0.717, 1.165) is 5.82 Å². The SMILES string of the molecule is Cl.N#Cc1ccc(C2CCc3ncc(C(=O)N4CCN(Cc5cc(O)ccc5Cl)C(=O)C4)n32)cc1F. The molecule has 1 N–H and O–H groups in total. The van der Waals surface area contributed by atoms with Gasteiger partial charge in [0.05, 0.1) is 17.8 Å². The summed E-state index contributed by atoms with van der Waals surface area (Å²) < 4.78 is 16.1. The molecule has 2 amide bonds. The van der Waals surface area contributed by atoms with Crippen molar-refractivity contribution in [2.75, 3.05) is 19.6 Å². The minimum Gasteiger partial charge on any atom is -0.508 e. The number of rotatable bonds is 4. The van der Waals surface area contributed by atoms with Crippen molar-refractivity contribution in [1.29, 1.82) is 5.26 Å². The van der Waals surface area contributed by atoms with Crippen molar-refractivity contribution in [3.05, 3.63) is 81.6 Å². The van der Waals surface area contributed by atoms with Crippen LogP contribution in [0.15, 0.2) is 42.6 Å². The molecule has 186 valence electrons. The molecule has 1 saturated heterocycles. The number of benzene rings is 2. The van der Waals surface area contributed by atoms with Crippen molar-refractivity contribution in [3.63, 3.8) is 0 Å². The molecule has 5 rings (SSSR count). The molecule has 0 spiro atoms. The number of nitriles is 1. The number of halogens is 3. The lowest BCUT2D eigenvalue weighted by Gasteiger charge is -2.34. The van der Waals surface area contributed by atoms with Crippen molar-refractivity contribution in [2.24, 2.45) is 0 Å². The van der Waals surface area contributed by atoms with Crippen molar-refractivity contribution in [3.8, 4) is 11.8 Å². The molecule has 0 saturated carbocycles. The highest BCUT2D eigenvalue weighted by Gasteiger charge is 2.34. The first-order chi connectivity index (χ1) is 16.9. The highest BCUT2D eigenvalue weighted by atomic mass is 35.5. The van der Waals surface area contributed by atoms with Crippen LogP contribution in [0.1, 0.15) is 45.5 Å². The van der Waals surface area contributed by atoms with E-state index in [2.05, 4.69) is 4.98 Å². The summed E-state index contributed by atoms with van der Waals surface area (Å²) in [5.41, 5.74) is 1.61. The normalized spacial score (nSPS) is 16.9. The van der Waals surface area contributed by atoms with Crippen LogP contribution in [-0.4, -0.2) is 55.9 Å². The van der Waals surface area contributed by atoms with E-state index in [-0.39, 0.29) is 54.7 Å². The molecule has 0 bridgehead atoms. The average molecular weight is 530 g/mol. The number of aromatic hydroxyl groups is 1. The van der Waals surface area contributed by atoms with Crippen LogP contribution in [-0.2, 0) is 17.8 Å². The molecule has 2 aliphatic heterocycles. The van der Waals surface area contributed by atoms with E-state index in [0.29, 0.717) is 47.8 Å². The topological polar surface area (TPSA) is 102 Å². The summed E-state index contributed by atoms with van der Waals surface area (Å²) >= 11 is 6.19. The maximum atomic E-state index is 14.3. The van der Waals surface area contributed by atoms with Crippen molar-refractivity contribution in [1.82, 2.24) is 19.4 Å². The summed E-state index contributed by atoms with van der Waals surface area (Å²) in [6, 6.07) is 10.6. The van der Waals surface area contributed by atoms with Gasteiger partial charge in [0.15, 0.2) is 0 Å². The van der Waals surface area contributed by atoms with Crippen molar-refractivity contribution >= 4 is 35.8 Å². The van der Waals surface area contributed by atoms with Gasteiger partial charge < -0.3 is 19.5 Å². The standard InChI is InChI=1S/C25H21ClFN5O3.ClH/c26-19-4-3-18(33)9-17(19)13-30-7-8-31(14-24(30)34)25(35)22-12-29-23-6-5-21(32(22)23)15-1-2-16(11-28)20(27)10-15;/h1-4,9-10,12,21,33H,5-8,13-14H2;1H. The first-order valence-electron chi connectivity index (χ1n) is 11.2. The summed E-state index contributed by atoms with van der Waals surface area (Å²) in [7, 11) is 0. The van der Waals surface area contributed by atoms with Gasteiger partial charge in [0.1, 0.15) is 35.7 Å². The monoisotopic (exact) mass is 529 g/mol. The number of carbonyl (C=O) groups excluding carboxylic acids is 2. The number of phenolic OH excluding ortho intramolecular Hbond substituents is 1. The average Bonchev–Trinajstić information content (AvgIpc) is 3.44. The Morgan fingerprint density at radius 1 is 1.25 bits per heavy atom. The molecule has 1 fully saturated rings. The molecule has 2 aliphatic rings. The number of fused-ring (bicyclic) bond motifs is 1. The van der Waals surface area contributed by atoms with Gasteiger partial charge in [-0.05, 0) is 47.9 Å². The molecule has 3 heterocycles. The molecular weight excluding hydrogens is 508 g/mol. The maximum absolute atomic E-state index is 14.3. The molecule has 2 aromatic carbocycles. The van der Waals surface area contributed by atoms with Crippen LogP contribution in [0.25, 0.3) is 0 Å². The fourth-order valence-corrected chi connectivity index (χ4v) is 4.91. The maximum Gasteiger partial charge on any atom is 0.272 e. The summed E-state index contributed by atoms with van der Waals surface area (Å²) in [6.45, 7) is 0.800. The smallest absolute Gasteiger partial charge is 0.272 e. The number of piperazine rings is 1. The van der Waals surface area contributed by atoms with Crippen LogP contribution < -0.4 is 0 Å². The number of carbonyl (C=O) groups is 2. The van der Waals surface area contributed by atoms with E-state index in [9.17, 15) is 19.1 Å². The predicted molar refractivity (Wildman–Crippen MR) is 131 cm³/mol. The predicted octanol–water partition coefficient (Wildman–Crippen LogP) is 3.69. The molecule has 36 heavy (non-hydrogen) atoms. The first-order valence-corrected chi connectivity index (χ1v) is 11.5. The number of hydrogen-bond donors (Lipinski definition) is 1. The molecule has 0 aliphatic carbocycles. The minimum absolute atomic E-state index is 0. The molecule has 1 atom stereocenters. The lowest BCUT2D eigenvalue weighted by Crippen LogP contribution is -2.52. The van der Waals surface area contributed by atoms with E-state index in [1.54, 1.807) is 17.0 Å². The fraction of sp³-hybridized carbons (Fsp3) is 0.280. The largest absolute Gasteiger partial charge is 0.508 e. The molecule has 1 aromatic heterocycles. The van der Waals surface area contributed by atoms with Gasteiger partial charge in [0.2, 0.25) is 5.91 Å². The number of phenols is 1. The van der Waals surface area contributed by atoms with Crippen LogP contribution >= 0.6 is 24.0 Å². The third-order valence-electron chi connectivity index (χ3n) is 6.54. The van der Waals surface area contributed by atoms with Gasteiger partial charge in [-0.3, -0.25) is 9.59 Å². The summed E-state index contributed by atoms with van der Waals surface area (Å²) in [5, 5.41) is 19.2. The number of hydrogen-bond acceptors (Lipinski definition) is 5. The minimum atomic E-state index is -0.597. The number of aryl methyl sites for hydroxylation is 1. The van der Waals surface area contributed by atoms with Crippen molar-refractivity contribution in [2.45, 2.75) is 25.4 Å². The Hall–Kier alpha value is -3.61. The van der Waals surface area contributed by atoms with E-state index >= 15 is 0 Å². The third kappa shape index (κ3) is 4.62. The van der Waals surface area contributed by atoms with E-state index in [1.165, 1.54) is 35.4 Å². The summed E-state index contributed by atoms with van der Waals surface area (Å²) in [4.78, 5) is 33.7. The van der Waals surface area contributed by atoms with Gasteiger partial charge in [-0.25, -0.2) is 9.37 Å². The van der Waals surface area contributed by atoms with Gasteiger partial charge in [0, 0.05) is 31.1 Å². The Kier molecular flexibility index (Phi) is 7.20. The molecule has 1 unspecified atom stereocenters. The van der Waals surface area contributed by atoms with Gasteiger partial charge in [-0.1, -0.05) is 17.7 Å². The highest BCUT2D eigenvalue weighted by Crippen LogP contribution is 2.34. The lowest BCUT2D eigenvalue weighted by atomic mass is 10.0. The van der Waals surface area contributed by atoms with Crippen LogP contribution in [0.5, 0.6) is 5.75 Å². The van der Waals surface area contributed by atoms with E-state index in [4.69, 9.17) is 16.9 Å². The molecule has 11 heteroatoms. The van der Waals surface area contributed by atoms with Crippen molar-refractivity contribution < 1.29 is 19.1 Å². The third-order valence-corrected chi connectivity index (χ3v) is 6.91. The fourth-order valence-electron chi connectivity index (χ4n) is 4.73. The van der Waals surface area contributed by atoms with E-state index < -0.39 is 5.82 Å². The Morgan fingerprint density at radius 3 is 2.78 bits per heavy atom. The first kappa shape index (κ1) is 25.5. The molecule has 3 aromatic rings. The Bertz CT molecular complexity index is 1390. The number of amides is 2. The second-order valence-electron chi connectivity index (χ2n) is 8.65. The zero-order valence-corrected chi connectivity index (χ0v) is 20.6. The van der Waals surface area contributed by atoms with Gasteiger partial charge >= 0.3 is 0 Å². The van der Waals surface area contributed by atoms with Crippen LogP contribution in [0.2, 0.25) is 5.02 Å². The Labute approximate surface area is 217 Å². The van der Waals surface area contributed by atoms with Gasteiger partial charge in [0.25, 0.3) is 5.91 Å². The zero-order valence-electron chi connectivity index (χ0n) is 19.0. The second kappa shape index (κ2) is 10.2. The van der Waals surface area contributed by atoms with Crippen LogP contribution in [0, 0.1) is 17.1 Å². The van der Waals surface area contributed by atoms with Gasteiger partial charge in [-0.15, -0.1) is 12.4 Å². The molecular formula is C25H22Cl2FN5O3. The zero-order chi connectivity index (χ0) is 24.7. The number of aromatic nitrogens is 2. The lowest BCUT2D eigenvalue weighted by molar-refractivity contribution is -0.135. The molecule has 8 nitrogen and oxygen atoms in total. The number of imidazole rings is 1. The van der Waals surface area contributed by atoms with Gasteiger partial charge in [-0.2, -0.15) is 5.26 Å². The quantitative estimate of drug-likeness (QED) is 0.555. The highest BCUT2D eigenvalue weighted by molar-refractivity contribution is 6.31. The van der Waals surface area contributed by atoms with Crippen LogP contribution in [0.4, 0.5) is 4.39 Å². The van der Waals surface area contributed by atoms with E-state index in [1.807, 2.05) is 10.6 Å². The Morgan fingerprint density at radius 2 is 2.06 bits per heavy atom. The second-order valence-corrected chi connectivity index (χ2v) is 9.06. The Balaban J connectivity index is 0.00000304. The van der Waals surface area contributed by atoms with Crippen LogP contribution in [0.3, 0.4) is 0 Å². The summed E-state index contributed by atoms with van der Waals surface area (Å²) in [5.74, 6) is -0.340.